The van der Waals surface area contributed by atoms with Crippen LogP contribution in [0.15, 0.2) is 12.2 Å². The van der Waals surface area contributed by atoms with E-state index in [-0.39, 0.29) is 0 Å². The number of unbranched alkanes of at least 4 members (excludes halogenated alkanes) is 2. The fourth-order valence-electron chi connectivity index (χ4n) is 4.62. The zero-order chi connectivity index (χ0) is 14.9. The maximum atomic E-state index is 8.62. The van der Waals surface area contributed by atoms with E-state index in [1.54, 1.807) is 6.08 Å². The van der Waals surface area contributed by atoms with Gasteiger partial charge in [-0.05, 0) is 62.2 Å². The van der Waals surface area contributed by atoms with Gasteiger partial charge in [0.1, 0.15) is 0 Å². The van der Waals surface area contributed by atoms with Crippen LogP contribution in [-0.4, -0.2) is 0 Å². The van der Waals surface area contributed by atoms with Crippen LogP contribution < -0.4 is 0 Å². The van der Waals surface area contributed by atoms with Crippen LogP contribution in [0.5, 0.6) is 0 Å². The topological polar surface area (TPSA) is 23.8 Å². The molecule has 2 saturated carbocycles. The van der Waals surface area contributed by atoms with E-state index >= 15 is 0 Å². The van der Waals surface area contributed by atoms with Gasteiger partial charge in [-0.15, -0.1) is 0 Å². The zero-order valence-corrected chi connectivity index (χ0v) is 13.9. The molecule has 2 aliphatic carbocycles. The summed E-state index contributed by atoms with van der Waals surface area (Å²) in [5, 5.41) is 8.62. The molecule has 1 nitrogen and oxygen atoms in total. The lowest BCUT2D eigenvalue weighted by Crippen LogP contribution is -2.25. The molecule has 118 valence electrons. The van der Waals surface area contributed by atoms with Crippen molar-refractivity contribution in [1.29, 1.82) is 5.26 Å². The van der Waals surface area contributed by atoms with Gasteiger partial charge in [0.2, 0.25) is 0 Å². The predicted molar refractivity (Wildman–Crippen MR) is 89.8 cm³/mol. The van der Waals surface area contributed by atoms with Crippen LogP contribution in [0, 0.1) is 35.0 Å². The fourth-order valence-corrected chi connectivity index (χ4v) is 4.62. The molecule has 0 atom stereocenters. The number of rotatable bonds is 6. The van der Waals surface area contributed by atoms with E-state index in [9.17, 15) is 0 Å². The molecule has 0 aromatic rings. The van der Waals surface area contributed by atoms with E-state index in [1.807, 2.05) is 0 Å². The van der Waals surface area contributed by atoms with Crippen molar-refractivity contribution in [3.05, 3.63) is 12.2 Å². The molecule has 0 amide bonds. The summed E-state index contributed by atoms with van der Waals surface area (Å²) in [5.41, 5.74) is 0. The van der Waals surface area contributed by atoms with E-state index in [0.29, 0.717) is 5.92 Å². The van der Waals surface area contributed by atoms with Crippen LogP contribution in [0.1, 0.15) is 84.0 Å². The summed E-state index contributed by atoms with van der Waals surface area (Å²) in [5.74, 6) is 3.75. The first-order valence-electron chi connectivity index (χ1n) is 9.39. The van der Waals surface area contributed by atoms with E-state index in [1.165, 1.54) is 77.0 Å². The van der Waals surface area contributed by atoms with Crippen molar-refractivity contribution in [3.63, 3.8) is 0 Å². The summed E-state index contributed by atoms with van der Waals surface area (Å²) >= 11 is 0. The van der Waals surface area contributed by atoms with Gasteiger partial charge in [0, 0.05) is 6.08 Å². The van der Waals surface area contributed by atoms with E-state index in [0.717, 1.165) is 17.8 Å². The molecule has 0 spiro atoms. The lowest BCUT2D eigenvalue weighted by atomic mass is 9.68. The molecular formula is C20H33N. The summed E-state index contributed by atoms with van der Waals surface area (Å²) in [6.45, 7) is 2.30. The highest BCUT2D eigenvalue weighted by atomic mass is 14.4. The Bertz CT molecular complexity index is 335. The fraction of sp³-hybridized carbons (Fsp3) is 0.850. The maximum absolute atomic E-state index is 8.62. The molecule has 1 heteroatoms. The molecule has 0 N–H and O–H groups in total. The first-order chi connectivity index (χ1) is 10.3. The number of nitriles is 1. The first kappa shape index (κ1) is 16.6. The predicted octanol–water partition coefficient (Wildman–Crippen LogP) is 6.26. The van der Waals surface area contributed by atoms with E-state index in [4.69, 9.17) is 5.26 Å². The quantitative estimate of drug-likeness (QED) is 0.418. The Labute approximate surface area is 131 Å². The third-order valence-electron chi connectivity index (χ3n) is 6.03. The summed E-state index contributed by atoms with van der Waals surface area (Å²) in [6.07, 6.45) is 21.0. The molecule has 0 saturated heterocycles. The second-order valence-electron chi connectivity index (χ2n) is 7.44. The minimum Gasteiger partial charge on any atom is -0.193 e. The summed E-state index contributed by atoms with van der Waals surface area (Å²) in [7, 11) is 0. The van der Waals surface area contributed by atoms with Gasteiger partial charge < -0.3 is 0 Å². The van der Waals surface area contributed by atoms with Crippen LogP contribution in [0.3, 0.4) is 0 Å². The molecule has 21 heavy (non-hydrogen) atoms. The summed E-state index contributed by atoms with van der Waals surface area (Å²) < 4.78 is 0. The van der Waals surface area contributed by atoms with Gasteiger partial charge in [-0.1, -0.05) is 51.5 Å². The highest BCUT2D eigenvalue weighted by Gasteiger charge is 2.30. The van der Waals surface area contributed by atoms with Crippen LogP contribution in [0.25, 0.3) is 0 Å². The minimum atomic E-state index is 0.686. The van der Waals surface area contributed by atoms with Crippen molar-refractivity contribution >= 4 is 0 Å². The molecule has 2 aliphatic rings. The van der Waals surface area contributed by atoms with Gasteiger partial charge >= 0.3 is 0 Å². The van der Waals surface area contributed by atoms with Crippen molar-refractivity contribution in [2.75, 3.05) is 0 Å². The third kappa shape index (κ3) is 5.50. The lowest BCUT2D eigenvalue weighted by molar-refractivity contribution is 0.151. The normalized spacial score (nSPS) is 33.9. The molecule has 2 fully saturated rings. The Morgan fingerprint density at radius 2 is 1.52 bits per heavy atom. The van der Waals surface area contributed by atoms with Gasteiger partial charge in [0.25, 0.3) is 0 Å². The molecule has 0 bridgehead atoms. The molecule has 0 aromatic heterocycles. The third-order valence-corrected chi connectivity index (χ3v) is 6.03. The maximum Gasteiger partial charge on any atom is 0.0908 e. The van der Waals surface area contributed by atoms with Gasteiger partial charge in [-0.3, -0.25) is 0 Å². The Morgan fingerprint density at radius 3 is 2.10 bits per heavy atom. The Balaban J connectivity index is 1.65. The molecule has 0 aliphatic heterocycles. The average Bonchev–Trinajstić information content (AvgIpc) is 2.54. The van der Waals surface area contributed by atoms with E-state index < -0.39 is 0 Å². The summed E-state index contributed by atoms with van der Waals surface area (Å²) in [4.78, 5) is 0. The van der Waals surface area contributed by atoms with Crippen molar-refractivity contribution in [3.8, 4) is 6.07 Å². The summed E-state index contributed by atoms with van der Waals surface area (Å²) in [6, 6.07) is 2.13. The lowest BCUT2D eigenvalue weighted by Gasteiger charge is -2.37. The van der Waals surface area contributed by atoms with Gasteiger partial charge in [0.05, 0.1) is 6.07 Å². The second kappa shape index (κ2) is 9.29. The molecule has 2 rings (SSSR count). The Hall–Kier alpha value is -0.770. The molecule has 0 radical (unpaired) electrons. The standard InChI is InChI=1S/C20H33N/c1-2-3-4-6-17-8-12-19(13-9-17)20-14-10-18(11-15-20)7-5-16-21/h5,7,17-20H,2-4,6,8-15H2,1H3/b7-5+/t17-,18?,19-,20?. The first-order valence-corrected chi connectivity index (χ1v) is 9.39. The van der Waals surface area contributed by atoms with Crippen molar-refractivity contribution < 1.29 is 0 Å². The largest absolute Gasteiger partial charge is 0.193 e. The van der Waals surface area contributed by atoms with Gasteiger partial charge in [0.15, 0.2) is 0 Å². The van der Waals surface area contributed by atoms with Gasteiger partial charge in [-0.25, -0.2) is 0 Å². The van der Waals surface area contributed by atoms with Crippen LogP contribution in [0.2, 0.25) is 0 Å². The Kier molecular flexibility index (Phi) is 7.34. The SMILES string of the molecule is CCCCC[C@H]1CC[C@H](C2CCC(/C=C/C#N)CC2)CC1. The van der Waals surface area contributed by atoms with E-state index in [2.05, 4.69) is 19.1 Å². The van der Waals surface area contributed by atoms with Crippen LogP contribution in [0.4, 0.5) is 0 Å². The smallest absolute Gasteiger partial charge is 0.0908 e. The number of hydrogen-bond donors (Lipinski definition) is 0. The number of hydrogen-bond acceptors (Lipinski definition) is 1. The minimum absolute atomic E-state index is 0.686. The number of allylic oxidation sites excluding steroid dienone is 2. The number of nitrogens with zero attached hydrogens (tertiary/aromatic N) is 1. The molecule has 0 unspecified atom stereocenters. The molecular weight excluding hydrogens is 254 g/mol. The highest BCUT2D eigenvalue weighted by Crippen LogP contribution is 2.42. The van der Waals surface area contributed by atoms with Crippen LogP contribution in [-0.2, 0) is 0 Å². The average molecular weight is 287 g/mol. The van der Waals surface area contributed by atoms with Crippen molar-refractivity contribution in [2.24, 2.45) is 23.7 Å². The van der Waals surface area contributed by atoms with Crippen molar-refractivity contribution in [2.45, 2.75) is 84.0 Å². The second-order valence-corrected chi connectivity index (χ2v) is 7.44. The Morgan fingerprint density at radius 1 is 0.905 bits per heavy atom. The van der Waals surface area contributed by atoms with Gasteiger partial charge in [-0.2, -0.15) is 5.26 Å². The molecule has 0 heterocycles. The van der Waals surface area contributed by atoms with Crippen LogP contribution >= 0.6 is 0 Å². The van der Waals surface area contributed by atoms with Crippen molar-refractivity contribution in [1.82, 2.24) is 0 Å². The monoisotopic (exact) mass is 287 g/mol. The molecule has 0 aromatic carbocycles. The zero-order valence-electron chi connectivity index (χ0n) is 13.9. The highest BCUT2D eigenvalue weighted by molar-refractivity contribution is 5.04.